The van der Waals surface area contributed by atoms with Gasteiger partial charge < -0.3 is 9.80 Å². The summed E-state index contributed by atoms with van der Waals surface area (Å²) in [6.45, 7) is 2.68. The van der Waals surface area contributed by atoms with Crippen LogP contribution in [0.4, 0.5) is 5.69 Å². The van der Waals surface area contributed by atoms with E-state index < -0.39 is 0 Å². The number of nitrogens with zero attached hydrogens (tertiary/aromatic N) is 4. The monoisotopic (exact) mass is 374 g/mol. The van der Waals surface area contributed by atoms with Crippen LogP contribution in [0.25, 0.3) is 0 Å². The average Bonchev–Trinajstić information content (AvgIpc) is 3.06. The fraction of sp³-hybridized carbons (Fsp3) is 0.421. The van der Waals surface area contributed by atoms with Gasteiger partial charge in [-0.05, 0) is 36.8 Å². The number of carbonyl (C=O) groups is 2. The number of anilines is 1. The molecule has 138 valence electrons. The van der Waals surface area contributed by atoms with Crippen LogP contribution in [0.3, 0.4) is 0 Å². The molecule has 0 aliphatic carbocycles. The van der Waals surface area contributed by atoms with E-state index in [1.54, 1.807) is 45.9 Å². The summed E-state index contributed by atoms with van der Waals surface area (Å²) in [7, 11) is 1.74. The summed E-state index contributed by atoms with van der Waals surface area (Å²) >= 11 is 5.96. The van der Waals surface area contributed by atoms with Gasteiger partial charge in [0.05, 0.1) is 6.04 Å². The molecule has 0 saturated carbocycles. The molecule has 26 heavy (non-hydrogen) atoms. The Morgan fingerprint density at radius 2 is 2.00 bits per heavy atom. The molecule has 3 rings (SSSR count). The van der Waals surface area contributed by atoms with Crippen molar-refractivity contribution < 1.29 is 9.59 Å². The Kier molecular flexibility index (Phi) is 5.61. The maximum atomic E-state index is 13.0. The minimum atomic E-state index is -0.143. The van der Waals surface area contributed by atoms with Gasteiger partial charge in [-0.3, -0.25) is 14.3 Å². The maximum absolute atomic E-state index is 13.0. The minimum Gasteiger partial charge on any atom is -0.323 e. The van der Waals surface area contributed by atoms with E-state index >= 15 is 0 Å². The second-order valence-corrected chi connectivity index (χ2v) is 6.99. The topological polar surface area (TPSA) is 58.4 Å². The van der Waals surface area contributed by atoms with E-state index in [4.69, 9.17) is 11.6 Å². The highest BCUT2D eigenvalue weighted by Gasteiger charge is 2.36. The van der Waals surface area contributed by atoms with Gasteiger partial charge in [-0.25, -0.2) is 0 Å². The van der Waals surface area contributed by atoms with Gasteiger partial charge in [-0.1, -0.05) is 31.4 Å². The number of piperazine rings is 1. The van der Waals surface area contributed by atoms with Crippen molar-refractivity contribution in [1.82, 2.24) is 14.7 Å². The smallest absolute Gasteiger partial charge is 0.272 e. The zero-order valence-corrected chi connectivity index (χ0v) is 15.8. The molecule has 1 saturated heterocycles. The Bertz CT molecular complexity index is 787. The second-order valence-electron chi connectivity index (χ2n) is 6.55. The Morgan fingerprint density at radius 3 is 2.62 bits per heavy atom. The van der Waals surface area contributed by atoms with Crippen molar-refractivity contribution in [3.8, 4) is 0 Å². The molecule has 2 amide bonds. The van der Waals surface area contributed by atoms with Gasteiger partial charge in [0.15, 0.2) is 0 Å². The third-order valence-electron chi connectivity index (χ3n) is 4.77. The van der Waals surface area contributed by atoms with E-state index in [0.29, 0.717) is 17.3 Å². The highest BCUT2D eigenvalue weighted by atomic mass is 35.5. The highest BCUT2D eigenvalue weighted by molar-refractivity contribution is 6.30. The molecule has 1 aromatic heterocycles. The molecule has 1 aliphatic rings. The van der Waals surface area contributed by atoms with Crippen molar-refractivity contribution in [1.29, 1.82) is 0 Å². The standard InChI is InChI=1S/C19H23ClN4O2/c1-3-4-5-16-12-23(15-8-6-14(20)7-9-15)18(25)13-24(16)19(26)17-10-11-21-22(17)2/h6-11,16H,3-5,12-13H2,1-2H3. The summed E-state index contributed by atoms with van der Waals surface area (Å²) in [5.74, 6) is -0.231. The summed E-state index contributed by atoms with van der Waals surface area (Å²) in [5, 5.41) is 4.70. The molecule has 1 unspecified atom stereocenters. The number of rotatable bonds is 5. The fourth-order valence-electron chi connectivity index (χ4n) is 3.30. The Labute approximate surface area is 158 Å². The number of halogens is 1. The molecule has 2 aromatic rings. The maximum Gasteiger partial charge on any atom is 0.272 e. The average molecular weight is 375 g/mol. The van der Waals surface area contributed by atoms with E-state index in [9.17, 15) is 9.59 Å². The summed E-state index contributed by atoms with van der Waals surface area (Å²) in [4.78, 5) is 29.2. The van der Waals surface area contributed by atoms with Gasteiger partial charge in [0.25, 0.3) is 5.91 Å². The van der Waals surface area contributed by atoms with Crippen LogP contribution in [0.2, 0.25) is 5.02 Å². The normalized spacial score (nSPS) is 17.7. The third-order valence-corrected chi connectivity index (χ3v) is 5.02. The number of aryl methyl sites for hydroxylation is 1. The van der Waals surface area contributed by atoms with Crippen molar-refractivity contribution in [3.05, 3.63) is 47.2 Å². The SMILES string of the molecule is CCCCC1CN(c2ccc(Cl)cc2)C(=O)CN1C(=O)c1ccnn1C. The predicted octanol–water partition coefficient (Wildman–Crippen LogP) is 3.12. The van der Waals surface area contributed by atoms with Crippen LogP contribution in [0, 0.1) is 0 Å². The molecule has 0 bridgehead atoms. The predicted molar refractivity (Wildman–Crippen MR) is 101 cm³/mol. The lowest BCUT2D eigenvalue weighted by molar-refractivity contribution is -0.121. The minimum absolute atomic E-state index is 0.0225. The van der Waals surface area contributed by atoms with Crippen LogP contribution in [-0.4, -0.2) is 45.6 Å². The molecule has 1 aliphatic heterocycles. The summed E-state index contributed by atoms with van der Waals surface area (Å²) in [5.41, 5.74) is 1.31. The zero-order chi connectivity index (χ0) is 18.7. The highest BCUT2D eigenvalue weighted by Crippen LogP contribution is 2.25. The lowest BCUT2D eigenvalue weighted by Crippen LogP contribution is -2.58. The molecule has 7 heteroatoms. The van der Waals surface area contributed by atoms with Crippen molar-refractivity contribution in [2.75, 3.05) is 18.0 Å². The number of unbranched alkanes of at least 4 members (excludes halogenated alkanes) is 1. The zero-order valence-electron chi connectivity index (χ0n) is 15.1. The van der Waals surface area contributed by atoms with E-state index in [1.807, 2.05) is 12.1 Å². The molecule has 1 atom stereocenters. The van der Waals surface area contributed by atoms with Gasteiger partial charge in [0.1, 0.15) is 12.2 Å². The Balaban J connectivity index is 1.85. The van der Waals surface area contributed by atoms with Gasteiger partial charge in [0, 0.05) is 30.5 Å². The van der Waals surface area contributed by atoms with Crippen LogP contribution >= 0.6 is 11.6 Å². The summed E-state index contributed by atoms with van der Waals surface area (Å²) in [6, 6.07) is 8.91. The quantitative estimate of drug-likeness (QED) is 0.807. The Hall–Kier alpha value is -2.34. The molecule has 1 fully saturated rings. The van der Waals surface area contributed by atoms with Gasteiger partial charge in [0.2, 0.25) is 5.91 Å². The number of hydrogen-bond acceptors (Lipinski definition) is 3. The van der Waals surface area contributed by atoms with Crippen molar-refractivity contribution in [2.24, 2.45) is 7.05 Å². The van der Waals surface area contributed by atoms with Gasteiger partial charge in [-0.15, -0.1) is 0 Å². The molecule has 2 heterocycles. The largest absolute Gasteiger partial charge is 0.323 e. The lowest BCUT2D eigenvalue weighted by atomic mass is 10.0. The molecular weight excluding hydrogens is 352 g/mol. The second kappa shape index (κ2) is 7.91. The molecule has 1 aromatic carbocycles. The molecule has 6 nitrogen and oxygen atoms in total. The van der Waals surface area contributed by atoms with E-state index in [-0.39, 0.29) is 24.4 Å². The number of amides is 2. The lowest BCUT2D eigenvalue weighted by Gasteiger charge is -2.41. The van der Waals surface area contributed by atoms with Gasteiger partial charge in [-0.2, -0.15) is 5.10 Å². The number of aromatic nitrogens is 2. The first-order valence-electron chi connectivity index (χ1n) is 8.86. The molecule has 0 radical (unpaired) electrons. The van der Waals surface area contributed by atoms with Crippen molar-refractivity contribution in [2.45, 2.75) is 32.2 Å². The van der Waals surface area contributed by atoms with Gasteiger partial charge >= 0.3 is 0 Å². The number of carbonyl (C=O) groups excluding carboxylic acids is 2. The molecule has 0 spiro atoms. The number of benzene rings is 1. The van der Waals surface area contributed by atoms with Crippen molar-refractivity contribution in [3.63, 3.8) is 0 Å². The van der Waals surface area contributed by atoms with Crippen molar-refractivity contribution >= 4 is 29.1 Å². The van der Waals surface area contributed by atoms with Crippen LogP contribution in [0.15, 0.2) is 36.5 Å². The first kappa shape index (κ1) is 18.5. The summed E-state index contributed by atoms with van der Waals surface area (Å²) in [6.07, 6.45) is 4.50. The van der Waals surface area contributed by atoms with Crippen LogP contribution in [0.5, 0.6) is 0 Å². The third kappa shape index (κ3) is 3.75. The first-order valence-corrected chi connectivity index (χ1v) is 9.24. The fourth-order valence-corrected chi connectivity index (χ4v) is 3.42. The Morgan fingerprint density at radius 1 is 1.27 bits per heavy atom. The number of hydrogen-bond donors (Lipinski definition) is 0. The van der Waals surface area contributed by atoms with Crippen LogP contribution in [-0.2, 0) is 11.8 Å². The summed E-state index contributed by atoms with van der Waals surface area (Å²) < 4.78 is 1.55. The first-order chi connectivity index (χ1) is 12.5. The van der Waals surface area contributed by atoms with E-state index in [1.165, 1.54) is 0 Å². The molecule has 0 N–H and O–H groups in total. The molecular formula is C19H23ClN4O2. The van der Waals surface area contributed by atoms with Crippen LogP contribution in [0.1, 0.15) is 36.7 Å². The van der Waals surface area contributed by atoms with E-state index in [2.05, 4.69) is 12.0 Å². The van der Waals surface area contributed by atoms with E-state index in [0.717, 1.165) is 24.9 Å². The van der Waals surface area contributed by atoms with Crippen LogP contribution < -0.4 is 4.90 Å².